The van der Waals surface area contributed by atoms with Crippen molar-refractivity contribution in [3.05, 3.63) is 47.8 Å². The summed E-state index contributed by atoms with van der Waals surface area (Å²) in [6, 6.07) is 7.87. The van der Waals surface area contributed by atoms with Crippen LogP contribution in [0.4, 0.5) is 5.82 Å². The van der Waals surface area contributed by atoms with Crippen LogP contribution in [0.5, 0.6) is 5.75 Å². The Labute approximate surface area is 123 Å². The van der Waals surface area contributed by atoms with Gasteiger partial charge in [0, 0.05) is 11.6 Å². The molecule has 0 aliphatic heterocycles. The predicted molar refractivity (Wildman–Crippen MR) is 81.6 cm³/mol. The van der Waals surface area contributed by atoms with Gasteiger partial charge in [0.25, 0.3) is 0 Å². The Hall–Kier alpha value is -2.56. The van der Waals surface area contributed by atoms with Gasteiger partial charge >= 0.3 is 0 Å². The first-order valence-electron chi connectivity index (χ1n) is 6.77. The zero-order valence-electron chi connectivity index (χ0n) is 12.3. The Morgan fingerprint density at radius 3 is 2.81 bits per heavy atom. The summed E-state index contributed by atoms with van der Waals surface area (Å²) in [5.74, 6) is 3.15. The molecule has 3 aromatic rings. The average Bonchev–Trinajstić information content (AvgIpc) is 2.83. The number of hydrogen-bond acceptors (Lipinski definition) is 5. The molecule has 3 rings (SSSR count). The molecule has 108 valence electrons. The SMILES string of the molecule is COc1ccc2c(NCc3nc(C)c(C)o3)nccc2c1. The van der Waals surface area contributed by atoms with Gasteiger partial charge in [0.1, 0.15) is 17.3 Å². The smallest absolute Gasteiger partial charge is 0.213 e. The van der Waals surface area contributed by atoms with E-state index in [0.29, 0.717) is 12.4 Å². The average molecular weight is 283 g/mol. The molecule has 21 heavy (non-hydrogen) atoms. The Balaban J connectivity index is 1.86. The third kappa shape index (κ3) is 2.67. The van der Waals surface area contributed by atoms with E-state index in [4.69, 9.17) is 9.15 Å². The molecule has 0 aliphatic rings. The lowest BCUT2D eigenvalue weighted by Crippen LogP contribution is -2.02. The number of hydrogen-bond donors (Lipinski definition) is 1. The summed E-state index contributed by atoms with van der Waals surface area (Å²) >= 11 is 0. The maximum absolute atomic E-state index is 5.56. The third-order valence-electron chi connectivity index (χ3n) is 3.45. The molecule has 0 fully saturated rings. The van der Waals surface area contributed by atoms with Crippen molar-refractivity contribution in [2.45, 2.75) is 20.4 Å². The maximum atomic E-state index is 5.56. The minimum Gasteiger partial charge on any atom is -0.497 e. The highest BCUT2D eigenvalue weighted by molar-refractivity contribution is 5.92. The molecule has 1 aromatic carbocycles. The number of oxazole rings is 1. The highest BCUT2D eigenvalue weighted by Crippen LogP contribution is 2.25. The molecule has 0 saturated carbocycles. The van der Waals surface area contributed by atoms with Gasteiger partial charge in [0.2, 0.25) is 5.89 Å². The fourth-order valence-corrected chi connectivity index (χ4v) is 2.20. The van der Waals surface area contributed by atoms with E-state index in [1.807, 2.05) is 38.1 Å². The number of aromatic nitrogens is 2. The van der Waals surface area contributed by atoms with Gasteiger partial charge in [-0.15, -0.1) is 0 Å². The lowest BCUT2D eigenvalue weighted by atomic mass is 10.1. The fourth-order valence-electron chi connectivity index (χ4n) is 2.20. The van der Waals surface area contributed by atoms with Gasteiger partial charge in [0.05, 0.1) is 19.3 Å². The molecule has 0 saturated heterocycles. The molecular weight excluding hydrogens is 266 g/mol. The molecule has 5 heteroatoms. The number of pyridine rings is 1. The van der Waals surface area contributed by atoms with Crippen molar-refractivity contribution in [2.75, 3.05) is 12.4 Å². The molecule has 0 radical (unpaired) electrons. The van der Waals surface area contributed by atoms with Crippen LogP contribution in [0.2, 0.25) is 0 Å². The molecule has 0 bridgehead atoms. The second kappa shape index (κ2) is 5.44. The van der Waals surface area contributed by atoms with Crippen LogP contribution in [-0.4, -0.2) is 17.1 Å². The van der Waals surface area contributed by atoms with E-state index in [2.05, 4.69) is 15.3 Å². The second-order valence-electron chi connectivity index (χ2n) is 4.85. The van der Waals surface area contributed by atoms with E-state index < -0.39 is 0 Å². The molecule has 2 heterocycles. The van der Waals surface area contributed by atoms with Crippen molar-refractivity contribution in [3.63, 3.8) is 0 Å². The molecule has 0 atom stereocenters. The minimum atomic E-state index is 0.507. The van der Waals surface area contributed by atoms with Crippen molar-refractivity contribution in [1.29, 1.82) is 0 Å². The van der Waals surface area contributed by atoms with Crippen LogP contribution in [0.25, 0.3) is 10.8 Å². The van der Waals surface area contributed by atoms with E-state index >= 15 is 0 Å². The van der Waals surface area contributed by atoms with Crippen molar-refractivity contribution in [2.24, 2.45) is 0 Å². The Morgan fingerprint density at radius 2 is 2.10 bits per heavy atom. The fraction of sp³-hybridized carbons (Fsp3) is 0.250. The summed E-state index contributed by atoms with van der Waals surface area (Å²) in [7, 11) is 1.66. The standard InChI is InChI=1S/C16H17N3O2/c1-10-11(2)21-15(19-10)9-18-16-14-5-4-13(20-3)8-12(14)6-7-17-16/h4-8H,9H2,1-3H3,(H,17,18). The van der Waals surface area contributed by atoms with Crippen molar-refractivity contribution >= 4 is 16.6 Å². The van der Waals surface area contributed by atoms with Gasteiger partial charge in [-0.05, 0) is 43.5 Å². The molecule has 0 unspecified atom stereocenters. The largest absolute Gasteiger partial charge is 0.497 e. The monoisotopic (exact) mass is 283 g/mol. The topological polar surface area (TPSA) is 60.2 Å². The number of ether oxygens (including phenoxy) is 1. The highest BCUT2D eigenvalue weighted by Gasteiger charge is 2.07. The van der Waals surface area contributed by atoms with Gasteiger partial charge < -0.3 is 14.5 Å². The number of nitrogens with one attached hydrogen (secondary N) is 1. The van der Waals surface area contributed by atoms with Crippen LogP contribution in [0.1, 0.15) is 17.3 Å². The third-order valence-corrected chi connectivity index (χ3v) is 3.45. The summed E-state index contributed by atoms with van der Waals surface area (Å²) in [5, 5.41) is 5.39. The molecule has 2 aromatic heterocycles. The lowest BCUT2D eigenvalue weighted by Gasteiger charge is -2.08. The number of anilines is 1. The lowest BCUT2D eigenvalue weighted by molar-refractivity contribution is 0.415. The minimum absolute atomic E-state index is 0.507. The van der Waals surface area contributed by atoms with E-state index in [-0.39, 0.29) is 0 Å². The van der Waals surface area contributed by atoms with Gasteiger partial charge in [-0.25, -0.2) is 9.97 Å². The quantitative estimate of drug-likeness (QED) is 0.794. The molecule has 0 aliphatic carbocycles. The van der Waals surface area contributed by atoms with E-state index in [0.717, 1.165) is 33.8 Å². The Kier molecular flexibility index (Phi) is 3.48. The van der Waals surface area contributed by atoms with Crippen LogP contribution >= 0.6 is 0 Å². The van der Waals surface area contributed by atoms with Gasteiger partial charge in [0.15, 0.2) is 0 Å². The van der Waals surface area contributed by atoms with Gasteiger partial charge in [-0.1, -0.05) is 0 Å². The Bertz CT molecular complexity index is 761. The maximum Gasteiger partial charge on any atom is 0.213 e. The molecule has 5 nitrogen and oxygen atoms in total. The molecular formula is C16H17N3O2. The van der Waals surface area contributed by atoms with Crippen LogP contribution in [-0.2, 0) is 6.54 Å². The number of aryl methyl sites for hydroxylation is 2. The number of methoxy groups -OCH3 is 1. The summed E-state index contributed by atoms with van der Waals surface area (Å²) < 4.78 is 10.8. The van der Waals surface area contributed by atoms with Crippen LogP contribution in [0.3, 0.4) is 0 Å². The van der Waals surface area contributed by atoms with Crippen LogP contribution in [0, 0.1) is 13.8 Å². The zero-order valence-corrected chi connectivity index (χ0v) is 12.3. The van der Waals surface area contributed by atoms with E-state index in [1.165, 1.54) is 0 Å². The van der Waals surface area contributed by atoms with E-state index in [1.54, 1.807) is 13.3 Å². The predicted octanol–water partition coefficient (Wildman–Crippen LogP) is 3.46. The van der Waals surface area contributed by atoms with Crippen LogP contribution in [0.15, 0.2) is 34.9 Å². The summed E-state index contributed by atoms with van der Waals surface area (Å²) in [5.41, 5.74) is 0.919. The number of benzene rings is 1. The number of rotatable bonds is 4. The van der Waals surface area contributed by atoms with Crippen molar-refractivity contribution in [1.82, 2.24) is 9.97 Å². The molecule has 0 spiro atoms. The first-order valence-corrected chi connectivity index (χ1v) is 6.77. The van der Waals surface area contributed by atoms with Crippen molar-refractivity contribution in [3.8, 4) is 5.75 Å². The van der Waals surface area contributed by atoms with Crippen molar-refractivity contribution < 1.29 is 9.15 Å². The highest BCUT2D eigenvalue weighted by atomic mass is 16.5. The second-order valence-corrected chi connectivity index (χ2v) is 4.85. The van der Waals surface area contributed by atoms with Crippen LogP contribution < -0.4 is 10.1 Å². The number of nitrogens with zero attached hydrogens (tertiary/aromatic N) is 2. The molecule has 1 N–H and O–H groups in total. The summed E-state index contributed by atoms with van der Waals surface area (Å²) in [6.07, 6.45) is 1.77. The zero-order chi connectivity index (χ0) is 14.8. The van der Waals surface area contributed by atoms with E-state index in [9.17, 15) is 0 Å². The first-order chi connectivity index (χ1) is 10.2. The normalized spacial score (nSPS) is 10.8. The van der Waals surface area contributed by atoms with Gasteiger partial charge in [-0.2, -0.15) is 0 Å². The molecule has 0 amide bonds. The van der Waals surface area contributed by atoms with Gasteiger partial charge in [-0.3, -0.25) is 0 Å². The summed E-state index contributed by atoms with van der Waals surface area (Å²) in [6.45, 7) is 4.35. The Morgan fingerprint density at radius 1 is 1.24 bits per heavy atom. The first kappa shape index (κ1) is 13.4. The summed E-state index contributed by atoms with van der Waals surface area (Å²) in [4.78, 5) is 8.74. The number of fused-ring (bicyclic) bond motifs is 1.